The maximum Gasteiger partial charge on any atom is 0.153 e. The first-order chi connectivity index (χ1) is 9.10. The van der Waals surface area contributed by atoms with Gasteiger partial charge >= 0.3 is 0 Å². The van der Waals surface area contributed by atoms with Gasteiger partial charge in [-0.25, -0.2) is 4.39 Å². The second kappa shape index (κ2) is 5.85. The lowest BCUT2D eigenvalue weighted by molar-refractivity contribution is 0.111. The molecule has 0 aromatic heterocycles. The van der Waals surface area contributed by atoms with Crippen LogP contribution >= 0.6 is 11.6 Å². The van der Waals surface area contributed by atoms with E-state index < -0.39 is 5.82 Å². The molecule has 4 heteroatoms. The number of carbonyl (C=O) groups excluding carboxylic acids is 1. The number of aldehydes is 1. The molecule has 0 atom stereocenters. The minimum atomic E-state index is -0.391. The average molecular weight is 279 g/mol. The highest BCUT2D eigenvalue weighted by molar-refractivity contribution is 6.31. The van der Waals surface area contributed by atoms with Crippen molar-refractivity contribution in [3.8, 4) is 5.75 Å². The van der Waals surface area contributed by atoms with Crippen molar-refractivity contribution >= 4 is 17.9 Å². The van der Waals surface area contributed by atoms with Gasteiger partial charge in [-0.15, -0.1) is 0 Å². The zero-order valence-corrected chi connectivity index (χ0v) is 11.1. The Kier molecular flexibility index (Phi) is 4.17. The van der Waals surface area contributed by atoms with Crippen molar-refractivity contribution in [2.75, 3.05) is 0 Å². The molecule has 19 heavy (non-hydrogen) atoms. The van der Waals surface area contributed by atoms with Gasteiger partial charge in [0.1, 0.15) is 18.2 Å². The van der Waals surface area contributed by atoms with Gasteiger partial charge in [0.25, 0.3) is 0 Å². The van der Waals surface area contributed by atoms with E-state index in [0.29, 0.717) is 21.9 Å². The summed E-state index contributed by atoms with van der Waals surface area (Å²) in [7, 11) is 0. The fraction of sp³-hybridized carbons (Fsp3) is 0.133. The molecule has 0 saturated heterocycles. The van der Waals surface area contributed by atoms with Crippen molar-refractivity contribution in [3.63, 3.8) is 0 Å². The minimum Gasteiger partial charge on any atom is -0.488 e. The first-order valence-electron chi connectivity index (χ1n) is 5.72. The normalized spacial score (nSPS) is 10.3. The number of ether oxygens (including phenoxy) is 1. The molecule has 98 valence electrons. The molecule has 0 saturated carbocycles. The predicted molar refractivity (Wildman–Crippen MR) is 72.3 cm³/mol. The van der Waals surface area contributed by atoms with Crippen molar-refractivity contribution < 1.29 is 13.9 Å². The quantitative estimate of drug-likeness (QED) is 0.784. The summed E-state index contributed by atoms with van der Waals surface area (Å²) in [6, 6.07) is 9.45. The van der Waals surface area contributed by atoms with Crippen LogP contribution in [-0.2, 0) is 6.61 Å². The van der Waals surface area contributed by atoms with E-state index in [1.54, 1.807) is 18.2 Å². The van der Waals surface area contributed by atoms with Gasteiger partial charge in [-0.3, -0.25) is 4.79 Å². The Hall–Kier alpha value is -1.87. The Labute approximate surface area is 115 Å². The molecule has 0 heterocycles. The summed E-state index contributed by atoms with van der Waals surface area (Å²) in [5.41, 5.74) is 2.13. The zero-order valence-electron chi connectivity index (χ0n) is 10.3. The van der Waals surface area contributed by atoms with Gasteiger partial charge in [0.05, 0.1) is 10.6 Å². The van der Waals surface area contributed by atoms with Gasteiger partial charge in [-0.05, 0) is 31.2 Å². The highest BCUT2D eigenvalue weighted by atomic mass is 35.5. The molecule has 0 spiro atoms. The molecule has 0 aliphatic carbocycles. The van der Waals surface area contributed by atoms with E-state index in [-0.39, 0.29) is 6.61 Å². The topological polar surface area (TPSA) is 26.3 Å². The van der Waals surface area contributed by atoms with Crippen molar-refractivity contribution in [1.29, 1.82) is 0 Å². The minimum absolute atomic E-state index is 0.184. The van der Waals surface area contributed by atoms with Crippen LogP contribution in [-0.4, -0.2) is 6.29 Å². The number of hydrogen-bond acceptors (Lipinski definition) is 2. The summed E-state index contributed by atoms with van der Waals surface area (Å²) < 4.78 is 18.5. The molecule has 0 bridgehead atoms. The smallest absolute Gasteiger partial charge is 0.153 e. The van der Waals surface area contributed by atoms with Gasteiger partial charge in [0, 0.05) is 5.56 Å². The first kappa shape index (κ1) is 13.6. The predicted octanol–water partition coefficient (Wildman–Crippen LogP) is 4.18. The highest BCUT2D eigenvalue weighted by Crippen LogP contribution is 2.22. The van der Waals surface area contributed by atoms with Crippen LogP contribution < -0.4 is 4.74 Å². The zero-order chi connectivity index (χ0) is 13.8. The van der Waals surface area contributed by atoms with Crippen LogP contribution in [0.25, 0.3) is 0 Å². The van der Waals surface area contributed by atoms with E-state index in [4.69, 9.17) is 16.3 Å². The van der Waals surface area contributed by atoms with Crippen LogP contribution in [0.4, 0.5) is 4.39 Å². The third-order valence-corrected chi connectivity index (χ3v) is 3.04. The maximum atomic E-state index is 12.9. The molecule has 0 amide bonds. The number of benzene rings is 2. The lowest BCUT2D eigenvalue weighted by Gasteiger charge is -2.10. The van der Waals surface area contributed by atoms with Crippen molar-refractivity contribution in [2.24, 2.45) is 0 Å². The molecular weight excluding hydrogens is 267 g/mol. The number of aryl methyl sites for hydroxylation is 1. The SMILES string of the molecule is Cc1ccc(OCc2ccc(F)cc2Cl)c(C=O)c1. The molecule has 0 fully saturated rings. The molecule has 2 nitrogen and oxygen atoms in total. The summed E-state index contributed by atoms with van der Waals surface area (Å²) in [6.07, 6.45) is 0.745. The third-order valence-electron chi connectivity index (χ3n) is 2.69. The van der Waals surface area contributed by atoms with Crippen LogP contribution in [0.15, 0.2) is 36.4 Å². The third kappa shape index (κ3) is 3.32. The fourth-order valence-corrected chi connectivity index (χ4v) is 1.91. The number of rotatable bonds is 4. The lowest BCUT2D eigenvalue weighted by atomic mass is 10.1. The van der Waals surface area contributed by atoms with E-state index in [1.165, 1.54) is 12.1 Å². The second-order valence-corrected chi connectivity index (χ2v) is 4.59. The van der Waals surface area contributed by atoms with Crippen LogP contribution in [0.5, 0.6) is 5.75 Å². The highest BCUT2D eigenvalue weighted by Gasteiger charge is 2.06. The van der Waals surface area contributed by atoms with E-state index in [1.807, 2.05) is 13.0 Å². The molecule has 2 aromatic rings. The van der Waals surface area contributed by atoms with E-state index in [9.17, 15) is 9.18 Å². The van der Waals surface area contributed by atoms with Crippen molar-refractivity contribution in [1.82, 2.24) is 0 Å². The Balaban J connectivity index is 2.16. The summed E-state index contributed by atoms with van der Waals surface area (Å²) in [4.78, 5) is 10.9. The first-order valence-corrected chi connectivity index (χ1v) is 6.10. The molecule has 0 N–H and O–H groups in total. The summed E-state index contributed by atoms with van der Waals surface area (Å²) in [5.74, 6) is 0.0960. The van der Waals surface area contributed by atoms with Gasteiger partial charge in [-0.1, -0.05) is 29.3 Å². The second-order valence-electron chi connectivity index (χ2n) is 4.18. The molecule has 2 rings (SSSR count). The molecule has 0 unspecified atom stereocenters. The van der Waals surface area contributed by atoms with Crippen molar-refractivity contribution in [3.05, 3.63) is 63.9 Å². The summed E-state index contributed by atoms with van der Waals surface area (Å²) in [6.45, 7) is 2.08. The Bertz CT molecular complexity index is 611. The van der Waals surface area contributed by atoms with E-state index in [0.717, 1.165) is 11.8 Å². The molecule has 0 aliphatic heterocycles. The van der Waals surface area contributed by atoms with Gasteiger partial charge in [-0.2, -0.15) is 0 Å². The molecular formula is C15H12ClFO2. The summed E-state index contributed by atoms with van der Waals surface area (Å²) >= 11 is 5.91. The fourth-order valence-electron chi connectivity index (χ4n) is 1.69. The molecule has 2 aromatic carbocycles. The number of halogens is 2. The Morgan fingerprint density at radius 1 is 1.26 bits per heavy atom. The van der Waals surface area contributed by atoms with Crippen molar-refractivity contribution in [2.45, 2.75) is 13.5 Å². The summed E-state index contributed by atoms with van der Waals surface area (Å²) in [5, 5.41) is 0.305. The number of carbonyl (C=O) groups is 1. The lowest BCUT2D eigenvalue weighted by Crippen LogP contribution is -1.99. The van der Waals surface area contributed by atoms with E-state index >= 15 is 0 Å². The Morgan fingerprint density at radius 3 is 2.74 bits per heavy atom. The van der Waals surface area contributed by atoms with Gasteiger partial charge in [0.2, 0.25) is 0 Å². The molecule has 0 radical (unpaired) electrons. The molecule has 0 aliphatic rings. The van der Waals surface area contributed by atoms with Crippen LogP contribution in [0.2, 0.25) is 5.02 Å². The standard InChI is InChI=1S/C15H12ClFO2/c1-10-2-5-15(12(6-10)8-18)19-9-11-3-4-13(17)7-14(11)16/h2-8H,9H2,1H3. The number of hydrogen-bond donors (Lipinski definition) is 0. The maximum absolute atomic E-state index is 12.9. The average Bonchev–Trinajstić information content (AvgIpc) is 2.39. The van der Waals surface area contributed by atoms with Crippen LogP contribution in [0.3, 0.4) is 0 Å². The monoisotopic (exact) mass is 278 g/mol. The van der Waals surface area contributed by atoms with Crippen LogP contribution in [0.1, 0.15) is 21.5 Å². The Morgan fingerprint density at radius 2 is 2.05 bits per heavy atom. The largest absolute Gasteiger partial charge is 0.488 e. The van der Waals surface area contributed by atoms with Gasteiger partial charge in [0.15, 0.2) is 6.29 Å². The van der Waals surface area contributed by atoms with E-state index in [2.05, 4.69) is 0 Å². The van der Waals surface area contributed by atoms with Gasteiger partial charge < -0.3 is 4.74 Å². The van der Waals surface area contributed by atoms with Crippen LogP contribution in [0, 0.1) is 12.7 Å².